The Kier molecular flexibility index (Phi) is 12.1. The number of nitrogens with zero attached hydrogens (tertiary/aromatic N) is 1. The highest BCUT2D eigenvalue weighted by molar-refractivity contribution is 6.35. The maximum Gasteiger partial charge on any atom is 0.161 e. The van der Waals surface area contributed by atoms with E-state index in [-0.39, 0.29) is 5.78 Å². The van der Waals surface area contributed by atoms with Crippen LogP contribution in [0.15, 0.2) is 48.8 Å². The zero-order valence-corrected chi connectivity index (χ0v) is 17.1. The van der Waals surface area contributed by atoms with E-state index in [9.17, 15) is 4.79 Å². The Morgan fingerprint density at radius 3 is 2.00 bits per heavy atom. The first-order valence-corrected chi connectivity index (χ1v) is 8.81. The van der Waals surface area contributed by atoms with Crippen molar-refractivity contribution in [2.75, 3.05) is 13.2 Å². The molecule has 1 aromatic carbocycles. The summed E-state index contributed by atoms with van der Waals surface area (Å²) in [5.74, 6) is -0.0718. The number of Topliss-reactive ketones (excluding diaryl/α,β-unsaturated/α-hetero) is 1. The second kappa shape index (κ2) is 12.9. The molecule has 0 N–H and O–H groups in total. The summed E-state index contributed by atoms with van der Waals surface area (Å²) in [6.07, 6.45) is 3.50. The Morgan fingerprint density at radius 1 is 1.12 bits per heavy atom. The summed E-state index contributed by atoms with van der Waals surface area (Å²) >= 11 is 11.4. The van der Waals surface area contributed by atoms with Crippen molar-refractivity contribution in [2.45, 2.75) is 34.6 Å². The number of ether oxygens (including phenoxy) is 1. The number of pyridine rings is 1. The maximum atomic E-state index is 10.9. The summed E-state index contributed by atoms with van der Waals surface area (Å²) in [7, 11) is 0. The Labute approximate surface area is 161 Å². The van der Waals surface area contributed by atoms with E-state index in [1.165, 1.54) is 6.92 Å². The number of hydrogen-bond acceptors (Lipinski definition) is 3. The van der Waals surface area contributed by atoms with E-state index in [4.69, 9.17) is 27.9 Å². The Bertz CT molecular complexity index is 584. The number of carbonyl (C=O) groups is 1. The van der Waals surface area contributed by atoms with Crippen molar-refractivity contribution in [3.8, 4) is 0 Å². The molecule has 0 saturated carbocycles. The second-order valence-electron chi connectivity index (χ2n) is 6.40. The molecule has 0 fully saturated rings. The third-order valence-electron chi connectivity index (χ3n) is 2.61. The summed E-state index contributed by atoms with van der Waals surface area (Å²) in [6.45, 7) is 11.7. The lowest BCUT2D eigenvalue weighted by atomic mass is 9.99. The van der Waals surface area contributed by atoms with Gasteiger partial charge in [0.1, 0.15) is 0 Å². The number of aromatic nitrogens is 1. The smallest absolute Gasteiger partial charge is 0.161 e. The largest absolute Gasteiger partial charge is 0.381 e. The maximum absolute atomic E-state index is 10.9. The summed E-state index contributed by atoms with van der Waals surface area (Å²) in [5.41, 5.74) is 0.801. The lowest BCUT2D eigenvalue weighted by molar-refractivity contribution is 0.0805. The Balaban J connectivity index is 0.000000363. The van der Waals surface area contributed by atoms with Crippen LogP contribution in [0.4, 0.5) is 0 Å². The van der Waals surface area contributed by atoms with Crippen LogP contribution in [0.5, 0.6) is 0 Å². The highest BCUT2D eigenvalue weighted by Crippen LogP contribution is 2.20. The molecule has 138 valence electrons. The molecule has 1 aromatic heterocycles. The third kappa shape index (κ3) is 13.5. The number of hydrogen-bond donors (Lipinski definition) is 0. The molecule has 25 heavy (non-hydrogen) atoms. The minimum absolute atomic E-state index is 0.0718. The van der Waals surface area contributed by atoms with Gasteiger partial charge in [-0.1, -0.05) is 50.0 Å². The van der Waals surface area contributed by atoms with Crippen molar-refractivity contribution in [1.82, 2.24) is 4.98 Å². The van der Waals surface area contributed by atoms with Crippen LogP contribution in [0.25, 0.3) is 0 Å². The molecule has 3 nitrogen and oxygen atoms in total. The van der Waals surface area contributed by atoms with Crippen molar-refractivity contribution < 1.29 is 9.53 Å². The monoisotopic (exact) mass is 383 g/mol. The standard InChI is InChI=1S/C8H6Cl2O.C7H16O.C5H5N/c1-5(11)7-4-6(9)2-3-8(7)10;1-5-8-6-7(2,3)4;1-2-4-6-5-3-1/h2-4H,1H3;5-6H2,1-4H3;1-5H. The van der Waals surface area contributed by atoms with Gasteiger partial charge in [0.15, 0.2) is 5.78 Å². The summed E-state index contributed by atoms with van der Waals surface area (Å²) in [6, 6.07) is 10.5. The van der Waals surface area contributed by atoms with E-state index in [0.717, 1.165) is 13.2 Å². The highest BCUT2D eigenvalue weighted by atomic mass is 35.5. The Hall–Kier alpha value is -1.42. The average molecular weight is 384 g/mol. The van der Waals surface area contributed by atoms with Gasteiger partial charge in [0.25, 0.3) is 0 Å². The van der Waals surface area contributed by atoms with Crippen molar-refractivity contribution in [3.05, 3.63) is 64.4 Å². The van der Waals surface area contributed by atoms with Crippen LogP contribution in [0, 0.1) is 5.41 Å². The normalized spacial score (nSPS) is 10.0. The summed E-state index contributed by atoms with van der Waals surface area (Å²) < 4.78 is 5.20. The van der Waals surface area contributed by atoms with Crippen LogP contribution in [0.1, 0.15) is 45.0 Å². The van der Waals surface area contributed by atoms with Crippen molar-refractivity contribution in [1.29, 1.82) is 0 Å². The molecule has 1 heterocycles. The van der Waals surface area contributed by atoms with E-state index in [2.05, 4.69) is 25.8 Å². The molecule has 0 radical (unpaired) electrons. The molecule has 0 spiro atoms. The number of rotatable bonds is 3. The zero-order valence-electron chi connectivity index (χ0n) is 15.6. The van der Waals surface area contributed by atoms with Gasteiger partial charge in [0.05, 0.1) is 11.6 Å². The van der Waals surface area contributed by atoms with Gasteiger partial charge in [-0.05, 0) is 49.6 Å². The second-order valence-corrected chi connectivity index (χ2v) is 7.25. The van der Waals surface area contributed by atoms with Gasteiger partial charge >= 0.3 is 0 Å². The van der Waals surface area contributed by atoms with Crippen molar-refractivity contribution >= 4 is 29.0 Å². The Morgan fingerprint density at radius 2 is 1.72 bits per heavy atom. The molecular formula is C20H27Cl2NO2. The van der Waals surface area contributed by atoms with E-state index >= 15 is 0 Å². The molecule has 2 aromatic rings. The molecule has 5 heteroatoms. The van der Waals surface area contributed by atoms with Crippen molar-refractivity contribution in [3.63, 3.8) is 0 Å². The fourth-order valence-corrected chi connectivity index (χ4v) is 1.91. The van der Waals surface area contributed by atoms with Crippen molar-refractivity contribution in [2.24, 2.45) is 5.41 Å². The lowest BCUT2D eigenvalue weighted by Crippen LogP contribution is -2.14. The molecule has 0 bridgehead atoms. The van der Waals surface area contributed by atoms with Crippen LogP contribution in [-0.4, -0.2) is 24.0 Å². The lowest BCUT2D eigenvalue weighted by Gasteiger charge is -2.16. The van der Waals surface area contributed by atoms with E-state index in [1.54, 1.807) is 30.6 Å². The molecule has 0 aliphatic carbocycles. The molecule has 2 rings (SSSR count). The van der Waals surface area contributed by atoms with E-state index < -0.39 is 0 Å². The quantitative estimate of drug-likeness (QED) is 0.579. The van der Waals surface area contributed by atoms with Gasteiger partial charge in [0, 0.05) is 29.6 Å². The first-order chi connectivity index (χ1) is 11.7. The first-order valence-electron chi connectivity index (χ1n) is 8.06. The van der Waals surface area contributed by atoms with Gasteiger partial charge in [-0.3, -0.25) is 9.78 Å². The fourth-order valence-electron chi connectivity index (χ4n) is 1.49. The van der Waals surface area contributed by atoms with E-state index in [1.807, 2.05) is 25.1 Å². The van der Waals surface area contributed by atoms with Crippen LogP contribution in [0.2, 0.25) is 10.0 Å². The molecule has 0 aliphatic heterocycles. The summed E-state index contributed by atoms with van der Waals surface area (Å²) in [4.78, 5) is 14.7. The SMILES string of the molecule is CC(=O)c1cc(Cl)ccc1Cl.CCOCC(C)(C)C.c1ccncc1. The minimum Gasteiger partial charge on any atom is -0.381 e. The predicted molar refractivity (Wildman–Crippen MR) is 107 cm³/mol. The van der Waals surface area contributed by atoms with Gasteiger partial charge in [-0.25, -0.2) is 0 Å². The predicted octanol–water partition coefficient (Wildman–Crippen LogP) is 6.35. The minimum atomic E-state index is -0.0718. The molecule has 0 aliphatic rings. The van der Waals surface area contributed by atoms with Gasteiger partial charge in [0.2, 0.25) is 0 Å². The van der Waals surface area contributed by atoms with Gasteiger partial charge in [-0.2, -0.15) is 0 Å². The fraction of sp³-hybridized carbons (Fsp3) is 0.400. The average Bonchev–Trinajstić information content (AvgIpc) is 2.57. The summed E-state index contributed by atoms with van der Waals surface area (Å²) in [5, 5.41) is 0.974. The number of halogens is 2. The molecule has 0 saturated heterocycles. The third-order valence-corrected chi connectivity index (χ3v) is 3.18. The molecule has 0 atom stereocenters. The van der Waals surface area contributed by atoms with Gasteiger partial charge in [-0.15, -0.1) is 0 Å². The van der Waals surface area contributed by atoms with Gasteiger partial charge < -0.3 is 4.74 Å². The van der Waals surface area contributed by atoms with Crippen LogP contribution in [0.3, 0.4) is 0 Å². The van der Waals surface area contributed by atoms with Crippen LogP contribution < -0.4 is 0 Å². The van der Waals surface area contributed by atoms with Crippen LogP contribution in [-0.2, 0) is 4.74 Å². The molecule has 0 unspecified atom stereocenters. The zero-order chi connectivity index (χ0) is 19.3. The molecular weight excluding hydrogens is 357 g/mol. The highest BCUT2D eigenvalue weighted by Gasteiger charge is 2.08. The first kappa shape index (κ1) is 23.6. The molecule has 0 amide bonds. The topological polar surface area (TPSA) is 39.2 Å². The van der Waals surface area contributed by atoms with E-state index in [0.29, 0.717) is 21.0 Å². The van der Waals surface area contributed by atoms with Crippen LogP contribution >= 0.6 is 23.2 Å². The number of carbonyl (C=O) groups excluding carboxylic acids is 1. The number of benzene rings is 1. The number of ketones is 1.